The van der Waals surface area contributed by atoms with E-state index >= 15 is 0 Å². The van der Waals surface area contributed by atoms with Gasteiger partial charge in [-0.25, -0.2) is 0 Å². The fourth-order valence-corrected chi connectivity index (χ4v) is 7.02. The summed E-state index contributed by atoms with van der Waals surface area (Å²) in [4.78, 5) is 45.2. The second-order valence-corrected chi connectivity index (χ2v) is 11.8. The van der Waals surface area contributed by atoms with Gasteiger partial charge >= 0.3 is 0 Å². The molecule has 4 atom stereocenters. The molecule has 1 aromatic rings. The first-order valence-electron chi connectivity index (χ1n) is 14.1. The fourth-order valence-electron chi connectivity index (χ4n) is 7.02. The summed E-state index contributed by atoms with van der Waals surface area (Å²) in [6.07, 6.45) is 2.40. The topological polar surface area (TPSA) is 168 Å². The summed E-state index contributed by atoms with van der Waals surface area (Å²) >= 11 is 0. The number of likely N-dealkylation sites (N-methyl/N-ethyl adjacent to an activating group) is 1. The zero-order valence-corrected chi connectivity index (χ0v) is 24.7. The molecule has 11 nitrogen and oxygen atoms in total. The number of rotatable bonds is 9. The van der Waals surface area contributed by atoms with Gasteiger partial charge in [0.2, 0.25) is 5.78 Å². The Balaban J connectivity index is 1.92. The second kappa shape index (κ2) is 11.1. The minimum absolute atomic E-state index is 0.0568. The van der Waals surface area contributed by atoms with Crippen molar-refractivity contribution in [1.82, 2.24) is 9.80 Å². The maximum absolute atomic E-state index is 14.0. The van der Waals surface area contributed by atoms with Gasteiger partial charge in [0, 0.05) is 37.8 Å². The first-order chi connectivity index (χ1) is 19.2. The van der Waals surface area contributed by atoms with E-state index in [1.807, 2.05) is 19.0 Å². The molecule has 0 aliphatic heterocycles. The smallest absolute Gasteiger partial charge is 0.255 e. The third kappa shape index (κ3) is 4.69. The van der Waals surface area contributed by atoms with Crippen LogP contribution >= 0.6 is 0 Å². The van der Waals surface area contributed by atoms with Gasteiger partial charge < -0.3 is 31.1 Å². The van der Waals surface area contributed by atoms with Crippen molar-refractivity contribution >= 4 is 28.9 Å². The summed E-state index contributed by atoms with van der Waals surface area (Å²) < 4.78 is 0. The average Bonchev–Trinajstić information content (AvgIpc) is 2.87. The molecule has 41 heavy (non-hydrogen) atoms. The Bertz CT molecular complexity index is 1350. The molecule has 1 aromatic carbocycles. The number of ketones is 2. The molecule has 3 aliphatic carbocycles. The number of benzene rings is 1. The molecule has 1 saturated carbocycles. The van der Waals surface area contributed by atoms with Crippen molar-refractivity contribution in [3.05, 3.63) is 39.7 Å². The largest absolute Gasteiger partial charge is 0.508 e. The van der Waals surface area contributed by atoms with E-state index in [9.17, 15) is 34.8 Å². The lowest BCUT2D eigenvalue weighted by molar-refractivity contribution is -0.153. The van der Waals surface area contributed by atoms with E-state index in [1.54, 1.807) is 20.2 Å². The van der Waals surface area contributed by atoms with Gasteiger partial charge in [0.05, 0.1) is 11.6 Å². The highest BCUT2D eigenvalue weighted by molar-refractivity contribution is 6.24. The van der Waals surface area contributed by atoms with E-state index in [0.29, 0.717) is 12.1 Å². The third-order valence-corrected chi connectivity index (χ3v) is 8.89. The van der Waals surface area contributed by atoms with E-state index < -0.39 is 58.0 Å². The number of aliphatic hydroxyl groups is 3. The zero-order chi connectivity index (χ0) is 30.5. The Labute approximate surface area is 240 Å². The number of aromatic hydroxyl groups is 1. The molecular formula is C30H42N4O7. The van der Waals surface area contributed by atoms with Crippen molar-refractivity contribution < 1.29 is 34.8 Å². The molecule has 6 N–H and O–H groups in total. The number of aliphatic hydroxyl groups excluding tert-OH is 2. The number of unbranched alkanes of at least 4 members (excludes halogenated alkanes) is 1. The summed E-state index contributed by atoms with van der Waals surface area (Å²) in [5.74, 6) is -6.52. The number of amides is 1. The Kier molecular flexibility index (Phi) is 8.28. The number of carbonyl (C=O) groups is 3. The van der Waals surface area contributed by atoms with Crippen LogP contribution in [0.3, 0.4) is 0 Å². The number of phenolic OH excluding ortho intramolecular Hbond substituents is 1. The van der Waals surface area contributed by atoms with Crippen LogP contribution in [0.15, 0.2) is 23.0 Å². The van der Waals surface area contributed by atoms with Crippen molar-refractivity contribution in [3.8, 4) is 5.75 Å². The van der Waals surface area contributed by atoms with Gasteiger partial charge in [0.25, 0.3) is 5.91 Å². The number of primary amides is 1. The van der Waals surface area contributed by atoms with Crippen molar-refractivity contribution in [2.45, 2.75) is 57.7 Å². The van der Waals surface area contributed by atoms with Crippen LogP contribution in [-0.2, 0) is 27.3 Å². The van der Waals surface area contributed by atoms with Crippen LogP contribution < -0.4 is 10.6 Å². The van der Waals surface area contributed by atoms with E-state index in [2.05, 4.69) is 18.7 Å². The van der Waals surface area contributed by atoms with Crippen LogP contribution in [0.2, 0.25) is 0 Å². The van der Waals surface area contributed by atoms with Crippen molar-refractivity contribution in [3.63, 3.8) is 0 Å². The Morgan fingerprint density at radius 2 is 1.78 bits per heavy atom. The molecule has 11 heteroatoms. The molecule has 0 radical (unpaired) electrons. The summed E-state index contributed by atoms with van der Waals surface area (Å²) in [6.45, 7) is 6.52. The molecule has 0 bridgehead atoms. The lowest BCUT2D eigenvalue weighted by atomic mass is 9.57. The molecular weight excluding hydrogens is 528 g/mol. The van der Waals surface area contributed by atoms with Crippen molar-refractivity contribution in [2.24, 2.45) is 17.6 Å². The minimum Gasteiger partial charge on any atom is -0.508 e. The maximum Gasteiger partial charge on any atom is 0.255 e. The second-order valence-electron chi connectivity index (χ2n) is 11.8. The number of nitrogens with zero attached hydrogens (tertiary/aromatic N) is 3. The van der Waals surface area contributed by atoms with E-state index in [4.69, 9.17) is 5.73 Å². The van der Waals surface area contributed by atoms with Gasteiger partial charge in [-0.3, -0.25) is 24.2 Å². The van der Waals surface area contributed by atoms with Gasteiger partial charge in [-0.2, -0.15) is 0 Å². The SMILES string of the molecule is CCCCN(CC)Cc1cc(O)c2c(c1N(C)C)C[C@H]1C[C@H]3[C@H](N(C)C)C(=O)C(C(N)=O)=C(O)[C@@]3(O)C(=O)C1=C2O. The lowest BCUT2D eigenvalue weighted by Crippen LogP contribution is -2.65. The average molecular weight is 571 g/mol. The predicted octanol–water partition coefficient (Wildman–Crippen LogP) is 1.65. The van der Waals surface area contributed by atoms with E-state index in [-0.39, 0.29) is 29.7 Å². The van der Waals surface area contributed by atoms with Crippen LogP contribution in [0, 0.1) is 11.8 Å². The normalized spacial score (nSPS) is 25.9. The monoisotopic (exact) mass is 570 g/mol. The fraction of sp³-hybridized carbons (Fsp3) is 0.567. The third-order valence-electron chi connectivity index (χ3n) is 8.89. The number of hydrogen-bond donors (Lipinski definition) is 5. The molecule has 0 heterocycles. The van der Waals surface area contributed by atoms with Crippen LogP contribution in [-0.4, -0.2) is 101 Å². The number of phenols is 1. The quantitative estimate of drug-likeness (QED) is 0.275. The molecule has 3 aliphatic rings. The Hall–Kier alpha value is -3.41. The molecule has 0 saturated heterocycles. The zero-order valence-electron chi connectivity index (χ0n) is 24.7. The van der Waals surface area contributed by atoms with Crippen LogP contribution in [0.4, 0.5) is 5.69 Å². The summed E-state index contributed by atoms with van der Waals surface area (Å²) in [6, 6.07) is 0.492. The molecule has 4 rings (SSSR count). The highest BCUT2D eigenvalue weighted by atomic mass is 16.3. The predicted molar refractivity (Wildman–Crippen MR) is 154 cm³/mol. The van der Waals surface area contributed by atoms with Crippen LogP contribution in [0.1, 0.15) is 49.8 Å². The number of fused-ring (bicyclic) bond motifs is 3. The van der Waals surface area contributed by atoms with Crippen LogP contribution in [0.25, 0.3) is 5.76 Å². The molecule has 0 unspecified atom stereocenters. The van der Waals surface area contributed by atoms with Crippen molar-refractivity contribution in [2.75, 3.05) is 46.2 Å². The number of anilines is 1. The molecule has 224 valence electrons. The minimum atomic E-state index is -2.65. The Morgan fingerprint density at radius 3 is 2.32 bits per heavy atom. The molecule has 1 fully saturated rings. The van der Waals surface area contributed by atoms with Gasteiger partial charge in [-0.1, -0.05) is 20.3 Å². The van der Waals surface area contributed by atoms with Crippen LogP contribution in [0.5, 0.6) is 5.75 Å². The number of Topliss-reactive ketones (excluding diaryl/α,β-unsaturated/α-hetero) is 2. The van der Waals surface area contributed by atoms with Gasteiger partial charge in [-0.05, 0) is 69.6 Å². The van der Waals surface area contributed by atoms with Crippen molar-refractivity contribution in [1.29, 1.82) is 0 Å². The number of hydrogen-bond acceptors (Lipinski definition) is 10. The highest BCUT2D eigenvalue weighted by Crippen LogP contribution is 2.54. The lowest BCUT2D eigenvalue weighted by Gasteiger charge is -2.50. The Morgan fingerprint density at radius 1 is 1.12 bits per heavy atom. The molecule has 0 aromatic heterocycles. The summed E-state index contributed by atoms with van der Waals surface area (Å²) in [5.41, 5.74) is 4.25. The van der Waals surface area contributed by atoms with E-state index in [0.717, 1.165) is 37.2 Å². The molecule has 1 amide bonds. The molecule has 0 spiro atoms. The van der Waals surface area contributed by atoms with E-state index in [1.165, 1.54) is 4.90 Å². The van der Waals surface area contributed by atoms with Gasteiger partial charge in [-0.15, -0.1) is 0 Å². The standard InChI is InChI=1S/C30H42N4O7/c1-7-9-10-34(8-2)14-16-13-19(35)21-17(23(16)32(3)4)11-15-12-18-24(33(5)6)26(37)22(29(31)40)28(39)30(18,41)27(38)20(15)25(21)36/h13,15,18,24,35-36,39,41H,7-12,14H2,1-6H3,(H2,31,40)/t15-,18-,24-,30-/m0/s1. The first-order valence-corrected chi connectivity index (χ1v) is 14.1. The first kappa shape index (κ1) is 30.5. The van der Waals surface area contributed by atoms with Gasteiger partial charge in [0.15, 0.2) is 11.4 Å². The highest BCUT2D eigenvalue weighted by Gasteiger charge is 2.64. The van der Waals surface area contributed by atoms with Gasteiger partial charge in [0.1, 0.15) is 22.8 Å². The summed E-state index contributed by atoms with van der Waals surface area (Å²) in [5, 5.41) is 45.5. The number of carbonyl (C=O) groups excluding carboxylic acids is 3. The summed E-state index contributed by atoms with van der Waals surface area (Å²) in [7, 11) is 6.94. The maximum atomic E-state index is 14.0. The number of nitrogens with two attached hydrogens (primary N) is 1.